The number of nitriles is 1. The van der Waals surface area contributed by atoms with Gasteiger partial charge in [-0.3, -0.25) is 0 Å². The third-order valence-corrected chi connectivity index (χ3v) is 1.49. The second-order valence-corrected chi connectivity index (χ2v) is 6.86. The highest BCUT2D eigenvalue weighted by molar-refractivity contribution is 8.32. The molecule has 0 saturated carbocycles. The van der Waals surface area contributed by atoms with Crippen LogP contribution < -0.4 is 0 Å². The first-order valence-corrected chi connectivity index (χ1v) is 5.12. The van der Waals surface area contributed by atoms with Crippen molar-refractivity contribution < 1.29 is 0 Å². The maximum Gasteiger partial charge on any atom is 0.0715 e. The molecule has 0 spiro atoms. The first kappa shape index (κ1) is 6.84. The fourth-order valence-electron chi connectivity index (χ4n) is 0.194. The summed E-state index contributed by atoms with van der Waals surface area (Å²) in [5.41, 5.74) is 0. The van der Waals surface area contributed by atoms with E-state index in [1.165, 1.54) is 0 Å². The van der Waals surface area contributed by atoms with Gasteiger partial charge in [-0.25, -0.2) is 10.0 Å². The average Bonchev–Trinajstić information content (AvgIpc) is 1.30. The van der Waals surface area contributed by atoms with E-state index >= 15 is 0 Å². The van der Waals surface area contributed by atoms with Crippen molar-refractivity contribution >= 4 is 10.0 Å². The summed E-state index contributed by atoms with van der Waals surface area (Å²) in [6, 6.07) is 2.14. The van der Waals surface area contributed by atoms with Gasteiger partial charge < -0.3 is 0 Å². The minimum atomic E-state index is -0.535. The number of rotatable bonds is 1. The minimum Gasteiger partial charge on any atom is -0.237 e. The quantitative estimate of drug-likeness (QED) is 0.506. The Hall–Kier alpha value is -0.160. The highest BCUT2D eigenvalue weighted by Crippen LogP contribution is 2.32. The van der Waals surface area contributed by atoms with Crippen molar-refractivity contribution in [3.8, 4) is 6.07 Å². The van der Waals surface area contributed by atoms with Gasteiger partial charge in [-0.1, -0.05) is 0 Å². The zero-order valence-corrected chi connectivity index (χ0v) is 5.88. The van der Waals surface area contributed by atoms with E-state index in [-0.39, 0.29) is 0 Å². The van der Waals surface area contributed by atoms with Gasteiger partial charge >= 0.3 is 0 Å². The van der Waals surface area contributed by atoms with Crippen molar-refractivity contribution in [2.45, 2.75) is 0 Å². The molecular formula is C5H11NS. The van der Waals surface area contributed by atoms with Gasteiger partial charge in [0, 0.05) is 0 Å². The molecule has 0 aliphatic heterocycles. The third kappa shape index (κ3) is 5.84. The van der Waals surface area contributed by atoms with E-state index in [9.17, 15) is 0 Å². The molecule has 0 rings (SSSR count). The lowest BCUT2D eigenvalue weighted by Gasteiger charge is -2.19. The molecule has 2 heteroatoms. The largest absolute Gasteiger partial charge is 0.237 e. The molecule has 0 heterocycles. The lowest BCUT2D eigenvalue weighted by molar-refractivity contribution is 1.49. The normalized spacial score (nSPS) is 12.9. The standard InChI is InChI=1S/C5H11NS/c1-7(2,3)5-4-6/h5H2,1-3H3. The molecule has 0 amide bonds. The highest BCUT2D eigenvalue weighted by Gasteiger charge is 1.99. The van der Waals surface area contributed by atoms with Crippen LogP contribution >= 0.6 is 10.0 Å². The fraction of sp³-hybridized carbons (Fsp3) is 0.800. The molecule has 0 atom stereocenters. The molecule has 0 bridgehead atoms. The van der Waals surface area contributed by atoms with Crippen molar-refractivity contribution in [2.75, 3.05) is 24.5 Å². The van der Waals surface area contributed by atoms with E-state index in [0.717, 1.165) is 5.75 Å². The monoisotopic (exact) mass is 117 g/mol. The summed E-state index contributed by atoms with van der Waals surface area (Å²) in [7, 11) is -0.535. The van der Waals surface area contributed by atoms with E-state index in [2.05, 4.69) is 24.8 Å². The van der Waals surface area contributed by atoms with Crippen LogP contribution in [0.4, 0.5) is 0 Å². The second kappa shape index (κ2) is 2.23. The van der Waals surface area contributed by atoms with Crippen LogP contribution in [0.25, 0.3) is 0 Å². The summed E-state index contributed by atoms with van der Waals surface area (Å²) in [5, 5.41) is 8.17. The molecule has 0 fully saturated rings. The zero-order valence-electron chi connectivity index (χ0n) is 5.06. The van der Waals surface area contributed by atoms with E-state index in [0.29, 0.717) is 0 Å². The van der Waals surface area contributed by atoms with E-state index in [4.69, 9.17) is 5.26 Å². The topological polar surface area (TPSA) is 23.8 Å². The molecule has 0 aromatic rings. The summed E-state index contributed by atoms with van der Waals surface area (Å²) in [6.07, 6.45) is 6.41. The van der Waals surface area contributed by atoms with E-state index in [1.807, 2.05) is 0 Å². The van der Waals surface area contributed by atoms with Gasteiger partial charge in [0.15, 0.2) is 0 Å². The molecule has 0 aromatic carbocycles. The van der Waals surface area contributed by atoms with Crippen molar-refractivity contribution in [1.82, 2.24) is 0 Å². The average molecular weight is 117 g/mol. The molecule has 0 saturated heterocycles. The van der Waals surface area contributed by atoms with Crippen molar-refractivity contribution in [3.05, 3.63) is 0 Å². The van der Waals surface area contributed by atoms with Gasteiger partial charge in [-0.2, -0.15) is 5.26 Å². The smallest absolute Gasteiger partial charge is 0.0715 e. The maximum atomic E-state index is 8.17. The van der Waals surface area contributed by atoms with Crippen LogP contribution in [-0.4, -0.2) is 24.5 Å². The van der Waals surface area contributed by atoms with Crippen LogP contribution in [-0.2, 0) is 0 Å². The Balaban J connectivity index is 3.40. The Morgan fingerprint density at radius 1 is 1.43 bits per heavy atom. The molecule has 1 nitrogen and oxygen atoms in total. The van der Waals surface area contributed by atoms with E-state index in [1.54, 1.807) is 0 Å². The Morgan fingerprint density at radius 3 is 1.86 bits per heavy atom. The summed E-state index contributed by atoms with van der Waals surface area (Å²) in [6.45, 7) is 0. The first-order valence-electron chi connectivity index (χ1n) is 2.09. The summed E-state index contributed by atoms with van der Waals surface area (Å²) >= 11 is 0. The van der Waals surface area contributed by atoms with Gasteiger partial charge in [0.2, 0.25) is 0 Å². The first-order chi connectivity index (χ1) is 3.06. The van der Waals surface area contributed by atoms with Crippen LogP contribution in [0.5, 0.6) is 0 Å². The minimum absolute atomic E-state index is 0.535. The van der Waals surface area contributed by atoms with Gasteiger partial charge in [-0.05, 0) is 18.8 Å². The molecule has 0 unspecified atom stereocenters. The number of hydrogen-bond donors (Lipinski definition) is 0. The predicted octanol–water partition coefficient (Wildman–Crippen LogP) is 1.20. The molecular weight excluding hydrogens is 106 g/mol. The predicted molar refractivity (Wildman–Crippen MR) is 35.8 cm³/mol. The second-order valence-electron chi connectivity index (χ2n) is 2.39. The van der Waals surface area contributed by atoms with Gasteiger partial charge in [0.1, 0.15) is 0 Å². The Labute approximate surface area is 46.7 Å². The van der Waals surface area contributed by atoms with Crippen molar-refractivity contribution in [3.63, 3.8) is 0 Å². The number of hydrogen-bond acceptors (Lipinski definition) is 1. The molecule has 0 aliphatic rings. The fourth-order valence-corrected chi connectivity index (χ4v) is 0.581. The molecule has 0 aliphatic carbocycles. The molecule has 7 heavy (non-hydrogen) atoms. The van der Waals surface area contributed by atoms with Crippen LogP contribution in [0.1, 0.15) is 0 Å². The Kier molecular flexibility index (Phi) is 2.17. The zero-order chi connectivity index (χ0) is 5.91. The van der Waals surface area contributed by atoms with Crippen molar-refractivity contribution in [1.29, 1.82) is 5.26 Å². The van der Waals surface area contributed by atoms with Crippen LogP contribution in [0, 0.1) is 11.3 Å². The molecule has 42 valence electrons. The lowest BCUT2D eigenvalue weighted by Crippen LogP contribution is -1.94. The SMILES string of the molecule is CS(C)(C)CC#N. The van der Waals surface area contributed by atoms with Crippen LogP contribution in [0.15, 0.2) is 0 Å². The van der Waals surface area contributed by atoms with Gasteiger partial charge in [0.05, 0.1) is 11.8 Å². The highest BCUT2D eigenvalue weighted by atomic mass is 32.3. The molecule has 0 radical (unpaired) electrons. The van der Waals surface area contributed by atoms with Crippen LogP contribution in [0.2, 0.25) is 0 Å². The molecule has 0 aromatic heterocycles. The van der Waals surface area contributed by atoms with Crippen molar-refractivity contribution in [2.24, 2.45) is 0 Å². The van der Waals surface area contributed by atoms with Gasteiger partial charge in [0.25, 0.3) is 0 Å². The van der Waals surface area contributed by atoms with Gasteiger partial charge in [-0.15, -0.1) is 0 Å². The summed E-state index contributed by atoms with van der Waals surface area (Å²) < 4.78 is 0. The summed E-state index contributed by atoms with van der Waals surface area (Å²) in [5.74, 6) is 0.729. The lowest BCUT2D eigenvalue weighted by atomic mass is 10.9. The Bertz CT molecular complexity index is 85.2. The molecule has 0 N–H and O–H groups in total. The third-order valence-electron chi connectivity index (χ3n) is 0.498. The number of nitrogens with zero attached hydrogens (tertiary/aromatic N) is 1. The Morgan fingerprint density at radius 2 is 1.86 bits per heavy atom. The summed E-state index contributed by atoms with van der Waals surface area (Å²) in [4.78, 5) is 0. The maximum absolute atomic E-state index is 8.17. The van der Waals surface area contributed by atoms with Crippen LogP contribution in [0.3, 0.4) is 0 Å². The van der Waals surface area contributed by atoms with E-state index < -0.39 is 10.0 Å².